The number of benzene rings is 1. The lowest BCUT2D eigenvalue weighted by Gasteiger charge is -2.19. The molecule has 2 rings (SSSR count). The average Bonchev–Trinajstić information content (AvgIpc) is 2.57. The van der Waals surface area contributed by atoms with Gasteiger partial charge in [0.15, 0.2) is 0 Å². The fourth-order valence-electron chi connectivity index (χ4n) is 2.00. The molecule has 86 valence electrons. The molecule has 0 aliphatic carbocycles. The summed E-state index contributed by atoms with van der Waals surface area (Å²) < 4.78 is 12.8. The fourth-order valence-corrected chi connectivity index (χ4v) is 2.00. The van der Waals surface area contributed by atoms with Gasteiger partial charge in [0.1, 0.15) is 12.0 Å². The lowest BCUT2D eigenvalue weighted by atomic mass is 10.1. The SMILES string of the molecule is CCC1NC(c2ccc(F)cc2)N(C)C1=O. The summed E-state index contributed by atoms with van der Waals surface area (Å²) in [6.45, 7) is 1.97. The van der Waals surface area contributed by atoms with Crippen LogP contribution >= 0.6 is 0 Å². The highest BCUT2D eigenvalue weighted by Crippen LogP contribution is 2.24. The van der Waals surface area contributed by atoms with Crippen LogP contribution in [0, 0.1) is 5.82 Å². The summed E-state index contributed by atoms with van der Waals surface area (Å²) in [7, 11) is 1.76. The Kier molecular flexibility index (Phi) is 2.92. The maximum Gasteiger partial charge on any atom is 0.241 e. The summed E-state index contributed by atoms with van der Waals surface area (Å²) in [4.78, 5) is 13.4. The summed E-state index contributed by atoms with van der Waals surface area (Å²) in [5.41, 5.74) is 0.910. The molecule has 1 N–H and O–H groups in total. The summed E-state index contributed by atoms with van der Waals surface area (Å²) in [6.07, 6.45) is 0.624. The van der Waals surface area contributed by atoms with Crippen LogP contribution in [0.15, 0.2) is 24.3 Å². The van der Waals surface area contributed by atoms with Crippen molar-refractivity contribution in [2.75, 3.05) is 7.05 Å². The van der Waals surface area contributed by atoms with Crippen molar-refractivity contribution in [1.29, 1.82) is 0 Å². The van der Waals surface area contributed by atoms with E-state index >= 15 is 0 Å². The predicted octanol–water partition coefficient (Wildman–Crippen LogP) is 1.66. The molecule has 1 heterocycles. The van der Waals surface area contributed by atoms with Crippen LogP contribution in [0.3, 0.4) is 0 Å². The van der Waals surface area contributed by atoms with Gasteiger partial charge in [0.05, 0.1) is 6.04 Å². The first-order chi connectivity index (χ1) is 7.63. The number of nitrogens with one attached hydrogen (secondary N) is 1. The smallest absolute Gasteiger partial charge is 0.241 e. The second-order valence-corrected chi connectivity index (χ2v) is 4.03. The molecule has 0 radical (unpaired) electrons. The number of rotatable bonds is 2. The third-order valence-corrected chi connectivity index (χ3v) is 2.99. The van der Waals surface area contributed by atoms with Crippen molar-refractivity contribution >= 4 is 5.91 Å². The van der Waals surface area contributed by atoms with E-state index in [4.69, 9.17) is 0 Å². The molecule has 1 amide bonds. The van der Waals surface area contributed by atoms with E-state index in [1.54, 1.807) is 24.1 Å². The number of likely N-dealkylation sites (N-methyl/N-ethyl adjacent to an activating group) is 1. The number of amides is 1. The molecule has 1 fully saturated rings. The Bertz CT molecular complexity index is 391. The monoisotopic (exact) mass is 222 g/mol. The second-order valence-electron chi connectivity index (χ2n) is 4.03. The quantitative estimate of drug-likeness (QED) is 0.825. The van der Waals surface area contributed by atoms with E-state index in [-0.39, 0.29) is 23.9 Å². The Labute approximate surface area is 94.3 Å². The maximum absolute atomic E-state index is 12.8. The van der Waals surface area contributed by atoms with E-state index < -0.39 is 0 Å². The molecule has 0 saturated carbocycles. The van der Waals surface area contributed by atoms with Gasteiger partial charge >= 0.3 is 0 Å². The number of nitrogens with zero attached hydrogens (tertiary/aromatic N) is 1. The van der Waals surface area contributed by atoms with Gasteiger partial charge in [-0.05, 0) is 24.1 Å². The van der Waals surface area contributed by atoms with E-state index in [0.29, 0.717) is 0 Å². The highest BCUT2D eigenvalue weighted by atomic mass is 19.1. The number of hydrogen-bond acceptors (Lipinski definition) is 2. The third kappa shape index (κ3) is 1.80. The minimum absolute atomic E-state index is 0.0943. The molecule has 1 aromatic rings. The summed E-state index contributed by atoms with van der Waals surface area (Å²) in [6, 6.07) is 6.10. The van der Waals surface area contributed by atoms with Crippen molar-refractivity contribution in [3.8, 4) is 0 Å². The topological polar surface area (TPSA) is 32.3 Å². The number of carbonyl (C=O) groups is 1. The van der Waals surface area contributed by atoms with Gasteiger partial charge in [0.2, 0.25) is 5.91 Å². The Morgan fingerprint density at radius 1 is 1.38 bits per heavy atom. The van der Waals surface area contributed by atoms with Gasteiger partial charge in [-0.15, -0.1) is 0 Å². The fraction of sp³-hybridized carbons (Fsp3) is 0.417. The summed E-state index contributed by atoms with van der Waals surface area (Å²) in [5, 5.41) is 3.23. The first kappa shape index (κ1) is 11.1. The van der Waals surface area contributed by atoms with Crippen molar-refractivity contribution in [2.45, 2.75) is 25.6 Å². The minimum Gasteiger partial charge on any atom is -0.325 e. The normalized spacial score (nSPS) is 25.2. The lowest BCUT2D eigenvalue weighted by molar-refractivity contribution is -0.128. The summed E-state index contributed by atoms with van der Waals surface area (Å²) >= 11 is 0. The molecule has 1 aromatic carbocycles. The first-order valence-corrected chi connectivity index (χ1v) is 5.41. The molecule has 4 heteroatoms. The van der Waals surface area contributed by atoms with Gasteiger partial charge < -0.3 is 4.90 Å². The molecule has 2 atom stereocenters. The molecule has 16 heavy (non-hydrogen) atoms. The number of hydrogen-bond donors (Lipinski definition) is 1. The van der Waals surface area contributed by atoms with Gasteiger partial charge in [-0.25, -0.2) is 4.39 Å². The third-order valence-electron chi connectivity index (χ3n) is 2.99. The highest BCUT2D eigenvalue weighted by Gasteiger charge is 2.35. The van der Waals surface area contributed by atoms with Crippen LogP contribution in [-0.2, 0) is 4.79 Å². The van der Waals surface area contributed by atoms with Crippen molar-refractivity contribution in [2.24, 2.45) is 0 Å². The van der Waals surface area contributed by atoms with Crippen LogP contribution < -0.4 is 5.32 Å². The van der Waals surface area contributed by atoms with Crippen LogP contribution in [-0.4, -0.2) is 23.9 Å². The van der Waals surface area contributed by atoms with E-state index in [1.807, 2.05) is 6.92 Å². The van der Waals surface area contributed by atoms with Crippen molar-refractivity contribution in [3.05, 3.63) is 35.6 Å². The molecule has 1 aliphatic rings. The van der Waals surface area contributed by atoms with Crippen molar-refractivity contribution in [3.63, 3.8) is 0 Å². The zero-order valence-corrected chi connectivity index (χ0v) is 9.40. The van der Waals surface area contributed by atoms with E-state index in [2.05, 4.69) is 5.32 Å². The predicted molar refractivity (Wildman–Crippen MR) is 59.1 cm³/mol. The number of carbonyl (C=O) groups excluding carboxylic acids is 1. The Morgan fingerprint density at radius 2 is 2.00 bits per heavy atom. The molecular weight excluding hydrogens is 207 g/mol. The Morgan fingerprint density at radius 3 is 2.50 bits per heavy atom. The lowest BCUT2D eigenvalue weighted by Crippen LogP contribution is -2.27. The molecule has 2 unspecified atom stereocenters. The molecule has 1 saturated heterocycles. The van der Waals surface area contributed by atoms with Crippen molar-refractivity contribution < 1.29 is 9.18 Å². The largest absolute Gasteiger partial charge is 0.325 e. The van der Waals surface area contributed by atoms with Gasteiger partial charge in [0.25, 0.3) is 0 Å². The average molecular weight is 222 g/mol. The first-order valence-electron chi connectivity index (χ1n) is 5.41. The number of halogens is 1. The van der Waals surface area contributed by atoms with Gasteiger partial charge in [0, 0.05) is 7.05 Å². The van der Waals surface area contributed by atoms with Crippen molar-refractivity contribution in [1.82, 2.24) is 10.2 Å². The molecule has 0 spiro atoms. The molecule has 1 aliphatic heterocycles. The molecule has 0 bridgehead atoms. The molecule has 0 aromatic heterocycles. The maximum atomic E-state index is 12.8. The van der Waals surface area contributed by atoms with Gasteiger partial charge in [-0.1, -0.05) is 19.1 Å². The van der Waals surface area contributed by atoms with E-state index in [1.165, 1.54) is 12.1 Å². The van der Waals surface area contributed by atoms with Crippen LogP contribution in [0.4, 0.5) is 4.39 Å². The van der Waals surface area contributed by atoms with Gasteiger partial charge in [-0.3, -0.25) is 10.1 Å². The molecular formula is C12H15FN2O. The van der Waals surface area contributed by atoms with Crippen LogP contribution in [0.25, 0.3) is 0 Å². The highest BCUT2D eigenvalue weighted by molar-refractivity contribution is 5.84. The summed E-state index contributed by atoms with van der Waals surface area (Å²) in [5.74, 6) is -0.167. The Hall–Kier alpha value is -1.42. The van der Waals surface area contributed by atoms with Crippen LogP contribution in [0.1, 0.15) is 25.1 Å². The van der Waals surface area contributed by atoms with Crippen LogP contribution in [0.5, 0.6) is 0 Å². The van der Waals surface area contributed by atoms with Gasteiger partial charge in [-0.2, -0.15) is 0 Å². The minimum atomic E-state index is -0.261. The van der Waals surface area contributed by atoms with E-state index in [9.17, 15) is 9.18 Å². The Balaban J connectivity index is 2.23. The zero-order valence-electron chi connectivity index (χ0n) is 9.40. The van der Waals surface area contributed by atoms with Crippen LogP contribution in [0.2, 0.25) is 0 Å². The standard InChI is InChI=1S/C12H15FN2O/c1-3-10-12(16)15(2)11(14-10)8-4-6-9(13)7-5-8/h4-7,10-11,14H,3H2,1-2H3. The zero-order chi connectivity index (χ0) is 11.7. The molecule has 3 nitrogen and oxygen atoms in total. The van der Waals surface area contributed by atoms with E-state index in [0.717, 1.165) is 12.0 Å². The second kappa shape index (κ2) is 4.22.